The number of hydrogen-bond acceptors (Lipinski definition) is 1. The maximum Gasteiger partial charge on any atom is -0.00519 e. The van der Waals surface area contributed by atoms with E-state index in [1.807, 2.05) is 7.05 Å². The van der Waals surface area contributed by atoms with Crippen LogP contribution in [0.4, 0.5) is 0 Å². The highest BCUT2D eigenvalue weighted by Crippen LogP contribution is 2.10. The summed E-state index contributed by atoms with van der Waals surface area (Å²) in [5.41, 5.74) is 0. The van der Waals surface area contributed by atoms with Crippen LogP contribution in [0.1, 0.15) is 96.8 Å². The molecule has 0 atom stereocenters. The number of hydrogen-bond donors (Lipinski definition) is 1. The SMILES string of the molecule is CCCCCCCCCCCC=CCCCCCNC. The predicted octanol–water partition coefficient (Wildman–Crippen LogP) is 6.24. The molecule has 0 amide bonds. The van der Waals surface area contributed by atoms with E-state index in [1.54, 1.807) is 0 Å². The molecule has 0 unspecified atom stereocenters. The largest absolute Gasteiger partial charge is 0.320 e. The summed E-state index contributed by atoms with van der Waals surface area (Å²) in [4.78, 5) is 0. The van der Waals surface area contributed by atoms with E-state index < -0.39 is 0 Å². The normalized spacial score (nSPS) is 11.5. The van der Waals surface area contributed by atoms with Crippen molar-refractivity contribution in [1.82, 2.24) is 5.32 Å². The highest BCUT2D eigenvalue weighted by atomic mass is 14.8. The molecule has 20 heavy (non-hydrogen) atoms. The third-order valence-corrected chi connectivity index (χ3v) is 3.94. The van der Waals surface area contributed by atoms with Crippen molar-refractivity contribution in [3.63, 3.8) is 0 Å². The molecule has 0 bridgehead atoms. The number of unbranched alkanes of at least 4 members (excludes halogenated alkanes) is 12. The molecule has 0 rings (SSSR count). The lowest BCUT2D eigenvalue weighted by Gasteiger charge is -2.00. The molecule has 0 aliphatic carbocycles. The number of allylic oxidation sites excluding steroid dienone is 2. The molecule has 0 spiro atoms. The van der Waals surface area contributed by atoms with Gasteiger partial charge in [0.1, 0.15) is 0 Å². The summed E-state index contributed by atoms with van der Waals surface area (Å²) in [5, 5.41) is 3.20. The zero-order valence-electron chi connectivity index (χ0n) is 14.3. The van der Waals surface area contributed by atoms with Crippen molar-refractivity contribution in [3.8, 4) is 0 Å². The number of rotatable bonds is 16. The first-order valence-corrected chi connectivity index (χ1v) is 9.21. The van der Waals surface area contributed by atoms with Gasteiger partial charge in [0.2, 0.25) is 0 Å². The summed E-state index contributed by atoms with van der Waals surface area (Å²) in [6, 6.07) is 0. The Kier molecular flexibility index (Phi) is 18.4. The smallest absolute Gasteiger partial charge is 0.00519 e. The summed E-state index contributed by atoms with van der Waals surface area (Å²) < 4.78 is 0. The van der Waals surface area contributed by atoms with E-state index in [2.05, 4.69) is 24.4 Å². The van der Waals surface area contributed by atoms with E-state index in [-0.39, 0.29) is 0 Å². The fraction of sp³-hybridized carbons (Fsp3) is 0.895. The van der Waals surface area contributed by atoms with Crippen molar-refractivity contribution >= 4 is 0 Å². The maximum atomic E-state index is 3.20. The van der Waals surface area contributed by atoms with Crippen molar-refractivity contribution in [2.45, 2.75) is 96.8 Å². The summed E-state index contributed by atoms with van der Waals surface area (Å²) >= 11 is 0. The van der Waals surface area contributed by atoms with Crippen LogP contribution >= 0.6 is 0 Å². The van der Waals surface area contributed by atoms with Gasteiger partial charge < -0.3 is 5.32 Å². The molecule has 0 saturated carbocycles. The Balaban J connectivity index is 3.01. The van der Waals surface area contributed by atoms with Gasteiger partial charge in [0, 0.05) is 0 Å². The Labute approximate surface area is 128 Å². The van der Waals surface area contributed by atoms with Crippen LogP contribution in [0.2, 0.25) is 0 Å². The third-order valence-electron chi connectivity index (χ3n) is 3.94. The van der Waals surface area contributed by atoms with Crippen LogP contribution in [0.15, 0.2) is 12.2 Å². The minimum atomic E-state index is 1.17. The van der Waals surface area contributed by atoms with Gasteiger partial charge >= 0.3 is 0 Å². The Morgan fingerprint density at radius 2 is 1.05 bits per heavy atom. The second-order valence-corrected chi connectivity index (χ2v) is 6.04. The highest BCUT2D eigenvalue weighted by Gasteiger charge is 1.91. The van der Waals surface area contributed by atoms with Gasteiger partial charge in [0.05, 0.1) is 0 Å². The predicted molar refractivity (Wildman–Crippen MR) is 93.4 cm³/mol. The maximum absolute atomic E-state index is 3.20. The van der Waals surface area contributed by atoms with Crippen molar-refractivity contribution in [1.29, 1.82) is 0 Å². The van der Waals surface area contributed by atoms with Crippen molar-refractivity contribution in [3.05, 3.63) is 12.2 Å². The van der Waals surface area contributed by atoms with Crippen molar-refractivity contribution in [2.24, 2.45) is 0 Å². The fourth-order valence-corrected chi connectivity index (χ4v) is 2.55. The van der Waals surface area contributed by atoms with Crippen LogP contribution in [0.5, 0.6) is 0 Å². The minimum absolute atomic E-state index is 1.17. The van der Waals surface area contributed by atoms with Gasteiger partial charge in [-0.2, -0.15) is 0 Å². The molecule has 0 aliphatic heterocycles. The Hall–Kier alpha value is -0.300. The first-order chi connectivity index (χ1) is 9.91. The summed E-state index contributed by atoms with van der Waals surface area (Å²) in [7, 11) is 2.03. The summed E-state index contributed by atoms with van der Waals surface area (Å²) in [6.45, 7) is 3.46. The van der Waals surface area contributed by atoms with Gasteiger partial charge in [-0.1, -0.05) is 76.9 Å². The summed E-state index contributed by atoms with van der Waals surface area (Å²) in [6.07, 6.45) is 24.3. The van der Waals surface area contributed by atoms with Crippen LogP contribution in [-0.2, 0) is 0 Å². The molecule has 0 heterocycles. The molecule has 120 valence electrons. The van der Waals surface area contributed by atoms with Gasteiger partial charge in [-0.05, 0) is 45.7 Å². The molecular weight excluding hydrogens is 242 g/mol. The zero-order valence-corrected chi connectivity index (χ0v) is 14.3. The molecule has 0 aromatic heterocycles. The Morgan fingerprint density at radius 3 is 1.55 bits per heavy atom. The fourth-order valence-electron chi connectivity index (χ4n) is 2.55. The van der Waals surface area contributed by atoms with Crippen molar-refractivity contribution in [2.75, 3.05) is 13.6 Å². The first-order valence-electron chi connectivity index (χ1n) is 9.21. The monoisotopic (exact) mass is 281 g/mol. The molecule has 0 fully saturated rings. The van der Waals surface area contributed by atoms with E-state index in [4.69, 9.17) is 0 Å². The van der Waals surface area contributed by atoms with Gasteiger partial charge in [0.25, 0.3) is 0 Å². The molecule has 1 nitrogen and oxygen atoms in total. The molecular formula is C19H39N. The first kappa shape index (κ1) is 19.7. The quantitative estimate of drug-likeness (QED) is 0.261. The average molecular weight is 282 g/mol. The second kappa shape index (κ2) is 18.7. The van der Waals surface area contributed by atoms with Crippen molar-refractivity contribution < 1.29 is 0 Å². The average Bonchev–Trinajstić information content (AvgIpc) is 2.47. The van der Waals surface area contributed by atoms with Gasteiger partial charge in [-0.3, -0.25) is 0 Å². The zero-order chi connectivity index (χ0) is 14.7. The standard InChI is InChI=1S/C19H39N/c1-3-4-5-6-7-8-9-10-11-12-13-14-15-16-17-18-19-20-2/h13-14,20H,3-12,15-19H2,1-2H3. The van der Waals surface area contributed by atoms with E-state index in [9.17, 15) is 0 Å². The van der Waals surface area contributed by atoms with E-state index >= 15 is 0 Å². The van der Waals surface area contributed by atoms with Crippen LogP contribution in [-0.4, -0.2) is 13.6 Å². The lowest BCUT2D eigenvalue weighted by atomic mass is 10.1. The lowest BCUT2D eigenvalue weighted by Crippen LogP contribution is -2.06. The van der Waals surface area contributed by atoms with Gasteiger partial charge in [-0.25, -0.2) is 0 Å². The van der Waals surface area contributed by atoms with E-state index in [0.717, 1.165) is 0 Å². The second-order valence-electron chi connectivity index (χ2n) is 6.04. The lowest BCUT2D eigenvalue weighted by molar-refractivity contribution is 0.566. The van der Waals surface area contributed by atoms with E-state index in [0.29, 0.717) is 0 Å². The third kappa shape index (κ3) is 17.7. The van der Waals surface area contributed by atoms with Gasteiger partial charge in [0.15, 0.2) is 0 Å². The Morgan fingerprint density at radius 1 is 0.600 bits per heavy atom. The van der Waals surface area contributed by atoms with E-state index in [1.165, 1.54) is 96.4 Å². The van der Waals surface area contributed by atoms with Crippen LogP contribution in [0.25, 0.3) is 0 Å². The molecule has 1 N–H and O–H groups in total. The molecule has 0 aliphatic rings. The highest BCUT2D eigenvalue weighted by molar-refractivity contribution is 4.81. The minimum Gasteiger partial charge on any atom is -0.320 e. The molecule has 0 aromatic rings. The summed E-state index contributed by atoms with van der Waals surface area (Å²) in [5.74, 6) is 0. The van der Waals surface area contributed by atoms with Crippen LogP contribution in [0.3, 0.4) is 0 Å². The van der Waals surface area contributed by atoms with Crippen LogP contribution in [0, 0.1) is 0 Å². The van der Waals surface area contributed by atoms with Gasteiger partial charge in [-0.15, -0.1) is 0 Å². The Bertz CT molecular complexity index is 186. The topological polar surface area (TPSA) is 12.0 Å². The molecule has 0 aromatic carbocycles. The number of nitrogens with one attached hydrogen (secondary N) is 1. The molecule has 0 saturated heterocycles. The molecule has 0 radical (unpaired) electrons. The van der Waals surface area contributed by atoms with Crippen LogP contribution < -0.4 is 5.32 Å². The molecule has 1 heteroatoms.